The number of nitrogens with one attached hydrogen (secondary N) is 1. The van der Waals surface area contributed by atoms with Crippen molar-refractivity contribution in [2.24, 2.45) is 0 Å². The van der Waals surface area contributed by atoms with E-state index in [0.29, 0.717) is 4.91 Å². The summed E-state index contributed by atoms with van der Waals surface area (Å²) in [6, 6.07) is 14.8. The zero-order valence-electron chi connectivity index (χ0n) is 14.3. The van der Waals surface area contributed by atoms with E-state index in [1.165, 1.54) is 24.3 Å². The first-order valence-electron chi connectivity index (χ1n) is 8.02. The van der Waals surface area contributed by atoms with Crippen molar-refractivity contribution < 1.29 is 14.0 Å². The minimum Gasteiger partial charge on any atom is -0.267 e. The van der Waals surface area contributed by atoms with Gasteiger partial charge >= 0.3 is 0 Å². The van der Waals surface area contributed by atoms with E-state index in [0.717, 1.165) is 27.9 Å². The fourth-order valence-corrected chi connectivity index (χ4v) is 3.62. The molecule has 0 unspecified atom stereocenters. The van der Waals surface area contributed by atoms with E-state index in [1.807, 2.05) is 43.3 Å². The number of rotatable bonds is 4. The second-order valence-electron chi connectivity index (χ2n) is 5.76. The average Bonchev–Trinajstić information content (AvgIpc) is 2.90. The van der Waals surface area contributed by atoms with E-state index in [1.54, 1.807) is 6.08 Å². The van der Waals surface area contributed by atoms with Gasteiger partial charge in [0.25, 0.3) is 11.8 Å². The molecule has 7 heteroatoms. The molecule has 27 heavy (non-hydrogen) atoms. The molecule has 1 N–H and O–H groups in total. The van der Waals surface area contributed by atoms with Crippen molar-refractivity contribution in [1.82, 2.24) is 10.4 Å². The average molecular weight is 398 g/mol. The van der Waals surface area contributed by atoms with Crippen LogP contribution in [0, 0.1) is 5.82 Å². The lowest BCUT2D eigenvalue weighted by molar-refractivity contribution is -0.123. The third kappa shape index (κ3) is 4.69. The lowest BCUT2D eigenvalue weighted by Crippen LogP contribution is -2.44. The Bertz CT molecular complexity index is 954. The molecular formula is C20H15FN2O2S2. The molecule has 1 saturated heterocycles. The number of hydrogen-bond acceptors (Lipinski definition) is 4. The van der Waals surface area contributed by atoms with E-state index in [9.17, 15) is 14.0 Å². The normalized spacial score (nSPS) is 16.1. The monoisotopic (exact) mass is 398 g/mol. The van der Waals surface area contributed by atoms with Crippen molar-refractivity contribution in [1.29, 1.82) is 0 Å². The molecule has 136 valence electrons. The van der Waals surface area contributed by atoms with E-state index in [-0.39, 0.29) is 9.88 Å². The summed E-state index contributed by atoms with van der Waals surface area (Å²) >= 11 is 6.31. The van der Waals surface area contributed by atoms with Crippen molar-refractivity contribution in [2.75, 3.05) is 0 Å². The van der Waals surface area contributed by atoms with Gasteiger partial charge in [0.15, 0.2) is 4.32 Å². The third-order valence-electron chi connectivity index (χ3n) is 3.67. The molecule has 1 heterocycles. The topological polar surface area (TPSA) is 49.4 Å². The molecule has 0 aliphatic carbocycles. The van der Waals surface area contributed by atoms with Gasteiger partial charge in [-0.15, -0.1) is 0 Å². The largest absolute Gasteiger partial charge is 0.285 e. The predicted molar refractivity (Wildman–Crippen MR) is 109 cm³/mol. The van der Waals surface area contributed by atoms with Crippen LogP contribution in [0.2, 0.25) is 0 Å². The van der Waals surface area contributed by atoms with Crippen molar-refractivity contribution in [3.8, 4) is 0 Å². The van der Waals surface area contributed by atoms with Crippen LogP contribution in [0.1, 0.15) is 22.8 Å². The molecule has 2 aromatic rings. The number of amides is 2. The van der Waals surface area contributed by atoms with E-state index >= 15 is 0 Å². The van der Waals surface area contributed by atoms with Crippen molar-refractivity contribution in [3.63, 3.8) is 0 Å². The molecule has 2 amide bonds. The Kier molecular flexibility index (Phi) is 5.83. The van der Waals surface area contributed by atoms with Crippen LogP contribution >= 0.6 is 24.0 Å². The SMILES string of the molecule is CC(=Cc1ccccc1)/C=C1\SC(=S)N(NC(=O)c2ccc(F)cc2)C1=O. The highest BCUT2D eigenvalue weighted by molar-refractivity contribution is 8.26. The molecule has 0 aromatic heterocycles. The van der Waals surface area contributed by atoms with Crippen LogP contribution in [0.3, 0.4) is 0 Å². The Morgan fingerprint density at radius 3 is 2.48 bits per heavy atom. The van der Waals surface area contributed by atoms with E-state index in [2.05, 4.69) is 5.43 Å². The number of thiocarbonyl (C=S) groups is 1. The first kappa shape index (κ1) is 19.0. The van der Waals surface area contributed by atoms with Gasteiger partial charge in [-0.2, -0.15) is 5.01 Å². The van der Waals surface area contributed by atoms with Gasteiger partial charge in [-0.3, -0.25) is 15.0 Å². The number of allylic oxidation sites excluding steroid dienone is 2. The minimum atomic E-state index is -0.538. The van der Waals surface area contributed by atoms with Gasteiger partial charge in [0.1, 0.15) is 5.82 Å². The predicted octanol–water partition coefficient (Wildman–Crippen LogP) is 4.32. The van der Waals surface area contributed by atoms with Gasteiger partial charge in [-0.1, -0.05) is 48.2 Å². The summed E-state index contributed by atoms with van der Waals surface area (Å²) in [5.74, 6) is -1.38. The zero-order chi connectivity index (χ0) is 19.4. The molecule has 0 bridgehead atoms. The van der Waals surface area contributed by atoms with E-state index in [4.69, 9.17) is 12.2 Å². The van der Waals surface area contributed by atoms with Crippen LogP contribution in [0.15, 0.2) is 71.2 Å². The Hall–Kier alpha value is -2.77. The van der Waals surface area contributed by atoms with Gasteiger partial charge in [0.05, 0.1) is 4.91 Å². The van der Waals surface area contributed by atoms with Crippen molar-refractivity contribution in [3.05, 3.63) is 88.1 Å². The van der Waals surface area contributed by atoms with Crippen molar-refractivity contribution >= 4 is 46.2 Å². The molecule has 0 radical (unpaired) electrons. The summed E-state index contributed by atoms with van der Waals surface area (Å²) < 4.78 is 13.2. The highest BCUT2D eigenvalue weighted by Crippen LogP contribution is 2.31. The second-order valence-corrected chi connectivity index (χ2v) is 7.44. The molecule has 3 rings (SSSR count). The molecule has 0 atom stereocenters. The van der Waals surface area contributed by atoms with Gasteiger partial charge in [0, 0.05) is 5.56 Å². The molecule has 1 aliphatic heterocycles. The summed E-state index contributed by atoms with van der Waals surface area (Å²) in [5.41, 5.74) is 4.60. The van der Waals surface area contributed by atoms with Crippen LogP contribution in [-0.2, 0) is 4.79 Å². The van der Waals surface area contributed by atoms with Crippen molar-refractivity contribution in [2.45, 2.75) is 6.92 Å². The number of hydrazine groups is 1. The first-order chi connectivity index (χ1) is 12.9. The molecule has 1 fully saturated rings. The fraction of sp³-hybridized carbons (Fsp3) is 0.0500. The Morgan fingerprint density at radius 2 is 1.81 bits per heavy atom. The van der Waals surface area contributed by atoms with Crippen LogP contribution in [0.25, 0.3) is 6.08 Å². The Morgan fingerprint density at radius 1 is 1.15 bits per heavy atom. The second kappa shape index (κ2) is 8.28. The number of benzene rings is 2. The smallest absolute Gasteiger partial charge is 0.267 e. The van der Waals surface area contributed by atoms with Gasteiger partial charge in [0.2, 0.25) is 0 Å². The maximum absolute atomic E-state index is 13.0. The van der Waals surface area contributed by atoms with Gasteiger partial charge in [-0.25, -0.2) is 4.39 Å². The van der Waals surface area contributed by atoms with Crippen LogP contribution in [-0.4, -0.2) is 21.1 Å². The molecule has 4 nitrogen and oxygen atoms in total. The highest BCUT2D eigenvalue weighted by Gasteiger charge is 2.33. The van der Waals surface area contributed by atoms with Crippen LogP contribution < -0.4 is 5.43 Å². The van der Waals surface area contributed by atoms with Crippen LogP contribution in [0.4, 0.5) is 4.39 Å². The highest BCUT2D eigenvalue weighted by atomic mass is 32.2. The summed E-state index contributed by atoms with van der Waals surface area (Å²) in [6.45, 7) is 1.89. The fourth-order valence-electron chi connectivity index (χ4n) is 2.39. The number of carbonyl (C=O) groups excluding carboxylic acids is 2. The summed E-state index contributed by atoms with van der Waals surface area (Å²) in [4.78, 5) is 25.2. The lowest BCUT2D eigenvalue weighted by Gasteiger charge is -2.15. The Balaban J connectivity index is 1.73. The van der Waals surface area contributed by atoms with Gasteiger partial charge < -0.3 is 0 Å². The molecule has 2 aromatic carbocycles. The van der Waals surface area contributed by atoms with Gasteiger partial charge in [-0.05, 0) is 60.6 Å². The third-order valence-corrected chi connectivity index (χ3v) is 4.97. The molecule has 1 aliphatic rings. The maximum atomic E-state index is 13.0. The van der Waals surface area contributed by atoms with E-state index < -0.39 is 17.6 Å². The molecule has 0 spiro atoms. The minimum absolute atomic E-state index is 0.231. The summed E-state index contributed by atoms with van der Waals surface area (Å²) in [5, 5.41) is 1.04. The Labute approximate surface area is 165 Å². The summed E-state index contributed by atoms with van der Waals surface area (Å²) in [6.07, 6.45) is 3.68. The number of hydrogen-bond donors (Lipinski definition) is 1. The molecule has 0 saturated carbocycles. The molecular weight excluding hydrogens is 383 g/mol. The zero-order valence-corrected chi connectivity index (χ0v) is 15.9. The summed E-state index contributed by atoms with van der Waals surface area (Å²) in [7, 11) is 0. The maximum Gasteiger partial charge on any atom is 0.285 e. The standard InChI is InChI=1S/C20H15FN2O2S2/c1-13(11-14-5-3-2-4-6-14)12-17-19(25)23(20(26)27-17)22-18(24)15-7-9-16(21)10-8-15/h2-12H,1H3,(H,22,24)/b13-11?,17-12-. The van der Waals surface area contributed by atoms with Crippen LogP contribution in [0.5, 0.6) is 0 Å². The number of thioether (sulfide) groups is 1. The lowest BCUT2D eigenvalue weighted by atomic mass is 10.1. The number of halogens is 1. The first-order valence-corrected chi connectivity index (χ1v) is 9.24. The number of nitrogens with zero attached hydrogens (tertiary/aromatic N) is 1. The number of carbonyl (C=O) groups is 2. The quantitative estimate of drug-likeness (QED) is 0.616.